The Hall–Kier alpha value is -1.52. The van der Waals surface area contributed by atoms with Crippen molar-refractivity contribution in [1.29, 1.82) is 0 Å². The lowest BCUT2D eigenvalue weighted by Gasteiger charge is -2.26. The van der Waals surface area contributed by atoms with Crippen LogP contribution in [0.1, 0.15) is 46.5 Å². The SMILES string of the molecule is C=C(CCC1(C(=O)O)CCN(C(=O)O)C1)CC(C)(C)C. The van der Waals surface area contributed by atoms with E-state index in [0.717, 1.165) is 12.0 Å². The minimum absolute atomic E-state index is 0.0838. The van der Waals surface area contributed by atoms with E-state index < -0.39 is 17.5 Å². The summed E-state index contributed by atoms with van der Waals surface area (Å²) in [5, 5.41) is 18.4. The van der Waals surface area contributed by atoms with Gasteiger partial charge in [0.15, 0.2) is 0 Å². The van der Waals surface area contributed by atoms with Crippen LogP contribution in [0.2, 0.25) is 0 Å². The molecule has 1 saturated heterocycles. The van der Waals surface area contributed by atoms with Gasteiger partial charge >= 0.3 is 12.1 Å². The van der Waals surface area contributed by atoms with Gasteiger partial charge in [0.1, 0.15) is 0 Å². The van der Waals surface area contributed by atoms with Gasteiger partial charge in [-0.2, -0.15) is 0 Å². The summed E-state index contributed by atoms with van der Waals surface area (Å²) >= 11 is 0. The summed E-state index contributed by atoms with van der Waals surface area (Å²) in [6, 6.07) is 0. The quantitative estimate of drug-likeness (QED) is 0.759. The van der Waals surface area contributed by atoms with Gasteiger partial charge in [0.25, 0.3) is 0 Å². The first kappa shape index (κ1) is 16.5. The summed E-state index contributed by atoms with van der Waals surface area (Å²) in [6.07, 6.45) is 1.29. The second-order valence-electron chi connectivity index (χ2n) is 7.03. The molecule has 0 radical (unpaired) electrons. The molecular formula is C15H25NO4. The van der Waals surface area contributed by atoms with Crippen molar-refractivity contribution in [2.24, 2.45) is 10.8 Å². The van der Waals surface area contributed by atoms with Crippen LogP contribution in [0.3, 0.4) is 0 Å². The van der Waals surface area contributed by atoms with Crippen LogP contribution in [0.5, 0.6) is 0 Å². The fourth-order valence-corrected chi connectivity index (χ4v) is 2.78. The molecule has 0 spiro atoms. The number of carboxylic acids is 1. The predicted molar refractivity (Wildman–Crippen MR) is 76.7 cm³/mol. The highest BCUT2D eigenvalue weighted by molar-refractivity contribution is 5.77. The molecule has 1 fully saturated rings. The summed E-state index contributed by atoms with van der Waals surface area (Å²) in [5.41, 5.74) is 0.224. The third-order valence-electron chi connectivity index (χ3n) is 3.82. The van der Waals surface area contributed by atoms with Crippen LogP contribution in [-0.4, -0.2) is 40.3 Å². The molecule has 20 heavy (non-hydrogen) atoms. The van der Waals surface area contributed by atoms with E-state index in [4.69, 9.17) is 5.11 Å². The van der Waals surface area contributed by atoms with Gasteiger partial charge in [-0.1, -0.05) is 32.9 Å². The molecule has 5 heteroatoms. The molecule has 0 aromatic rings. The largest absolute Gasteiger partial charge is 0.481 e. The number of hydrogen-bond acceptors (Lipinski definition) is 2. The van der Waals surface area contributed by atoms with Crippen LogP contribution >= 0.6 is 0 Å². The Bertz CT molecular complexity index is 411. The molecule has 1 rings (SSSR count). The zero-order chi connectivity index (χ0) is 15.6. The minimum atomic E-state index is -1.04. The van der Waals surface area contributed by atoms with Gasteiger partial charge < -0.3 is 15.1 Å². The number of aliphatic carboxylic acids is 1. The molecule has 0 aromatic carbocycles. The van der Waals surface area contributed by atoms with Crippen LogP contribution in [0.4, 0.5) is 4.79 Å². The fourth-order valence-electron chi connectivity index (χ4n) is 2.78. The molecule has 2 N–H and O–H groups in total. The predicted octanol–water partition coefficient (Wildman–Crippen LogP) is 3.21. The zero-order valence-electron chi connectivity index (χ0n) is 12.6. The van der Waals surface area contributed by atoms with Gasteiger partial charge in [0, 0.05) is 13.1 Å². The van der Waals surface area contributed by atoms with Crippen LogP contribution in [0.15, 0.2) is 12.2 Å². The Morgan fingerprint density at radius 1 is 1.30 bits per heavy atom. The van der Waals surface area contributed by atoms with Gasteiger partial charge in [-0.25, -0.2) is 4.79 Å². The minimum Gasteiger partial charge on any atom is -0.481 e. The van der Waals surface area contributed by atoms with Crippen molar-refractivity contribution in [3.8, 4) is 0 Å². The van der Waals surface area contributed by atoms with E-state index in [0.29, 0.717) is 25.8 Å². The molecule has 114 valence electrons. The van der Waals surface area contributed by atoms with Crippen molar-refractivity contribution < 1.29 is 19.8 Å². The first-order valence-electron chi connectivity index (χ1n) is 6.94. The van der Waals surface area contributed by atoms with E-state index in [2.05, 4.69) is 27.4 Å². The maximum atomic E-state index is 11.5. The topological polar surface area (TPSA) is 77.8 Å². The average Bonchev–Trinajstić information content (AvgIpc) is 2.69. The van der Waals surface area contributed by atoms with E-state index in [-0.39, 0.29) is 12.0 Å². The van der Waals surface area contributed by atoms with Crippen LogP contribution < -0.4 is 0 Å². The highest BCUT2D eigenvalue weighted by Crippen LogP contribution is 2.38. The van der Waals surface area contributed by atoms with Crippen molar-refractivity contribution in [3.05, 3.63) is 12.2 Å². The van der Waals surface area contributed by atoms with Crippen molar-refractivity contribution in [2.75, 3.05) is 13.1 Å². The molecule has 0 aromatic heterocycles. The number of rotatable bonds is 5. The van der Waals surface area contributed by atoms with E-state index in [1.807, 2.05) is 0 Å². The van der Waals surface area contributed by atoms with Crippen LogP contribution in [0, 0.1) is 10.8 Å². The fraction of sp³-hybridized carbons (Fsp3) is 0.733. The van der Waals surface area contributed by atoms with Gasteiger partial charge in [-0.15, -0.1) is 0 Å². The number of carboxylic acid groups (broad SMARTS) is 2. The number of allylic oxidation sites excluding steroid dienone is 1. The molecule has 1 aliphatic rings. The Kier molecular flexibility index (Phi) is 4.84. The Balaban J connectivity index is 2.64. The molecule has 5 nitrogen and oxygen atoms in total. The highest BCUT2D eigenvalue weighted by atomic mass is 16.4. The van der Waals surface area contributed by atoms with Gasteiger partial charge in [0.2, 0.25) is 0 Å². The molecule has 1 atom stereocenters. The number of carbonyl (C=O) groups is 2. The second-order valence-corrected chi connectivity index (χ2v) is 7.03. The third-order valence-corrected chi connectivity index (χ3v) is 3.82. The van der Waals surface area contributed by atoms with Gasteiger partial charge in [-0.05, 0) is 31.1 Å². The lowest BCUT2D eigenvalue weighted by Crippen LogP contribution is -2.36. The molecule has 0 aliphatic carbocycles. The number of nitrogens with zero attached hydrogens (tertiary/aromatic N) is 1. The van der Waals surface area contributed by atoms with Crippen molar-refractivity contribution in [1.82, 2.24) is 4.90 Å². The zero-order valence-corrected chi connectivity index (χ0v) is 12.6. The smallest absolute Gasteiger partial charge is 0.407 e. The molecular weight excluding hydrogens is 258 g/mol. The lowest BCUT2D eigenvalue weighted by molar-refractivity contribution is -0.148. The van der Waals surface area contributed by atoms with Gasteiger partial charge in [-0.3, -0.25) is 4.79 Å². The Morgan fingerprint density at radius 2 is 1.90 bits per heavy atom. The average molecular weight is 283 g/mol. The first-order valence-corrected chi connectivity index (χ1v) is 6.94. The molecule has 1 amide bonds. The molecule has 1 unspecified atom stereocenters. The van der Waals surface area contributed by atoms with Crippen molar-refractivity contribution in [3.63, 3.8) is 0 Å². The number of likely N-dealkylation sites (tertiary alicyclic amines) is 1. The van der Waals surface area contributed by atoms with Gasteiger partial charge in [0.05, 0.1) is 5.41 Å². The number of hydrogen-bond donors (Lipinski definition) is 2. The standard InChI is InChI=1S/C15H25NO4/c1-11(9-14(2,3)4)5-6-15(12(17)18)7-8-16(10-15)13(19)20/h1,5-10H2,2-4H3,(H,17,18)(H,19,20). The Labute approximate surface area is 120 Å². The molecule has 1 aliphatic heterocycles. The summed E-state index contributed by atoms with van der Waals surface area (Å²) in [4.78, 5) is 23.7. The van der Waals surface area contributed by atoms with Crippen molar-refractivity contribution in [2.45, 2.75) is 46.5 Å². The highest BCUT2D eigenvalue weighted by Gasteiger charge is 2.45. The summed E-state index contributed by atoms with van der Waals surface area (Å²) in [6.45, 7) is 10.8. The lowest BCUT2D eigenvalue weighted by atomic mass is 9.79. The number of amides is 1. The normalized spacial score (nSPS) is 22.9. The second kappa shape index (κ2) is 5.85. The summed E-state index contributed by atoms with van der Waals surface area (Å²) < 4.78 is 0. The monoisotopic (exact) mass is 283 g/mol. The van der Waals surface area contributed by atoms with E-state index in [1.54, 1.807) is 0 Å². The van der Waals surface area contributed by atoms with Crippen molar-refractivity contribution >= 4 is 12.1 Å². The Morgan fingerprint density at radius 3 is 2.30 bits per heavy atom. The van der Waals surface area contributed by atoms with E-state index in [1.165, 1.54) is 4.90 Å². The van der Waals surface area contributed by atoms with Crippen LogP contribution in [-0.2, 0) is 4.79 Å². The van der Waals surface area contributed by atoms with E-state index >= 15 is 0 Å². The summed E-state index contributed by atoms with van der Waals surface area (Å²) in [5.74, 6) is -0.898. The maximum Gasteiger partial charge on any atom is 0.407 e. The molecule has 1 heterocycles. The maximum absolute atomic E-state index is 11.5. The molecule has 0 saturated carbocycles. The third kappa shape index (κ3) is 4.25. The first-order chi connectivity index (χ1) is 9.06. The van der Waals surface area contributed by atoms with E-state index in [9.17, 15) is 14.7 Å². The van der Waals surface area contributed by atoms with Crippen LogP contribution in [0.25, 0.3) is 0 Å². The molecule has 0 bridgehead atoms. The summed E-state index contributed by atoms with van der Waals surface area (Å²) in [7, 11) is 0.